The summed E-state index contributed by atoms with van der Waals surface area (Å²) < 4.78 is 13.6. The monoisotopic (exact) mass is 396 g/mol. The first-order valence-corrected chi connectivity index (χ1v) is 9.43. The molecular weight excluding hydrogens is 379 g/mol. The van der Waals surface area contributed by atoms with Crippen LogP contribution in [0.3, 0.4) is 0 Å². The molecule has 0 fully saturated rings. The van der Waals surface area contributed by atoms with Crippen molar-refractivity contribution in [2.45, 2.75) is 23.1 Å². The number of carbonyl (C=O) groups excluding carboxylic acids is 2. The fourth-order valence-electron chi connectivity index (χ4n) is 2.90. The van der Waals surface area contributed by atoms with Crippen LogP contribution in [0.25, 0.3) is 0 Å². The minimum atomic E-state index is -1.31. The summed E-state index contributed by atoms with van der Waals surface area (Å²) in [6, 6.07) is 13.6. The number of nitrogens with one attached hydrogen (secondary N) is 2. The van der Waals surface area contributed by atoms with E-state index in [9.17, 15) is 14.0 Å². The van der Waals surface area contributed by atoms with Crippen molar-refractivity contribution in [3.8, 4) is 0 Å². The van der Waals surface area contributed by atoms with Crippen LogP contribution in [0, 0.1) is 5.82 Å². The molecule has 0 aliphatic carbocycles. The maximum absolute atomic E-state index is 13.3. The lowest BCUT2D eigenvalue weighted by Gasteiger charge is -2.31. The Kier molecular flexibility index (Phi) is 4.64. The summed E-state index contributed by atoms with van der Waals surface area (Å²) in [5, 5.41) is 9.73. The second-order valence-electron chi connectivity index (χ2n) is 6.60. The van der Waals surface area contributed by atoms with Crippen molar-refractivity contribution in [3.63, 3.8) is 0 Å². The lowest BCUT2D eigenvalue weighted by atomic mass is 10.1. The van der Waals surface area contributed by atoms with Crippen LogP contribution in [0.15, 0.2) is 65.8 Å². The zero-order valence-electron chi connectivity index (χ0n) is 15.0. The highest BCUT2D eigenvalue weighted by atomic mass is 32.2. The molecule has 0 bridgehead atoms. The highest BCUT2D eigenvalue weighted by Crippen LogP contribution is 2.42. The van der Waals surface area contributed by atoms with Gasteiger partial charge in [-0.3, -0.25) is 14.3 Å². The number of thioether (sulfide) groups is 1. The van der Waals surface area contributed by atoms with Crippen LogP contribution in [0.2, 0.25) is 0 Å². The summed E-state index contributed by atoms with van der Waals surface area (Å²) in [7, 11) is 0. The van der Waals surface area contributed by atoms with Gasteiger partial charge in [0.25, 0.3) is 0 Å². The summed E-state index contributed by atoms with van der Waals surface area (Å²) in [6.45, 7) is 1.96. The van der Waals surface area contributed by atoms with E-state index in [1.807, 2.05) is 18.2 Å². The molecule has 1 unspecified atom stereocenters. The molecule has 4 rings (SSSR count). The summed E-state index contributed by atoms with van der Waals surface area (Å²) in [5.41, 5.74) is 1.92. The fourth-order valence-corrected chi connectivity index (χ4v) is 4.01. The SMILES string of the molecule is CC1(C(=O)Nc2cnn(Cc3cccc(F)c3)c2)Sc2ccccc2NC1=O. The quantitative estimate of drug-likeness (QED) is 0.662. The molecule has 28 heavy (non-hydrogen) atoms. The van der Waals surface area contributed by atoms with Crippen LogP contribution in [0.5, 0.6) is 0 Å². The van der Waals surface area contributed by atoms with Crippen LogP contribution in [0.1, 0.15) is 12.5 Å². The van der Waals surface area contributed by atoms with Gasteiger partial charge < -0.3 is 10.6 Å². The third-order valence-electron chi connectivity index (χ3n) is 4.44. The number of amides is 2. The predicted molar refractivity (Wildman–Crippen MR) is 106 cm³/mol. The first-order chi connectivity index (χ1) is 13.4. The Morgan fingerprint density at radius 2 is 2.11 bits per heavy atom. The molecule has 8 heteroatoms. The van der Waals surface area contributed by atoms with Gasteiger partial charge in [0.15, 0.2) is 4.75 Å². The number of rotatable bonds is 4. The van der Waals surface area contributed by atoms with E-state index < -0.39 is 10.7 Å². The van der Waals surface area contributed by atoms with Crippen LogP contribution >= 0.6 is 11.8 Å². The van der Waals surface area contributed by atoms with Crippen molar-refractivity contribution in [2.24, 2.45) is 0 Å². The minimum absolute atomic E-state index is 0.313. The predicted octanol–water partition coefficient (Wildman–Crippen LogP) is 3.51. The molecule has 6 nitrogen and oxygen atoms in total. The lowest BCUT2D eigenvalue weighted by molar-refractivity contribution is -0.126. The van der Waals surface area contributed by atoms with Crippen molar-refractivity contribution in [1.82, 2.24) is 9.78 Å². The third-order valence-corrected chi connectivity index (χ3v) is 5.80. The van der Waals surface area contributed by atoms with Crippen LogP contribution in [0.4, 0.5) is 15.8 Å². The smallest absolute Gasteiger partial charge is 0.250 e. The molecule has 0 saturated heterocycles. The van der Waals surface area contributed by atoms with Gasteiger partial charge in [-0.2, -0.15) is 5.10 Å². The maximum atomic E-state index is 13.3. The number of aromatic nitrogens is 2. The zero-order valence-corrected chi connectivity index (χ0v) is 15.8. The molecule has 2 amide bonds. The topological polar surface area (TPSA) is 76.0 Å². The van der Waals surface area contributed by atoms with E-state index in [1.165, 1.54) is 30.1 Å². The highest BCUT2D eigenvalue weighted by molar-refractivity contribution is 8.02. The molecule has 1 aliphatic rings. The molecule has 2 aromatic carbocycles. The van der Waals surface area contributed by atoms with E-state index >= 15 is 0 Å². The van der Waals surface area contributed by atoms with E-state index in [0.717, 1.165) is 10.5 Å². The molecule has 0 saturated carbocycles. The lowest BCUT2D eigenvalue weighted by Crippen LogP contribution is -2.49. The number of fused-ring (bicyclic) bond motifs is 1. The number of hydrogen-bond donors (Lipinski definition) is 2. The van der Waals surface area contributed by atoms with Crippen molar-refractivity contribution >= 4 is 35.0 Å². The number of para-hydroxylation sites is 1. The van der Waals surface area contributed by atoms with Crippen LogP contribution in [-0.2, 0) is 16.1 Å². The maximum Gasteiger partial charge on any atom is 0.250 e. The van der Waals surface area contributed by atoms with E-state index in [4.69, 9.17) is 0 Å². The minimum Gasteiger partial charge on any atom is -0.323 e. The second kappa shape index (κ2) is 7.12. The van der Waals surface area contributed by atoms with Gasteiger partial charge in [0.2, 0.25) is 11.8 Å². The van der Waals surface area contributed by atoms with Gasteiger partial charge in [-0.05, 0) is 36.8 Å². The summed E-state index contributed by atoms with van der Waals surface area (Å²) in [4.78, 5) is 26.2. The first kappa shape index (κ1) is 18.2. The standard InChI is InChI=1S/C20H17FN4O2S/c1-20(19(27)24-16-7-2-3-8-17(16)28-20)18(26)23-15-10-22-25(12-15)11-13-5-4-6-14(21)9-13/h2-10,12H,11H2,1H3,(H,23,26)(H,24,27). The summed E-state index contributed by atoms with van der Waals surface area (Å²) in [5.74, 6) is -1.12. The molecule has 142 valence electrons. The number of halogens is 1. The molecule has 2 N–H and O–H groups in total. The molecular formula is C20H17FN4O2S. The molecule has 0 spiro atoms. The second-order valence-corrected chi connectivity index (χ2v) is 8.06. The average Bonchev–Trinajstić information content (AvgIpc) is 3.09. The number of nitrogens with zero attached hydrogens (tertiary/aromatic N) is 2. The Balaban J connectivity index is 1.48. The van der Waals surface area contributed by atoms with E-state index in [1.54, 1.807) is 36.0 Å². The highest BCUT2D eigenvalue weighted by Gasteiger charge is 2.45. The number of carbonyl (C=O) groups is 2. The van der Waals surface area contributed by atoms with Crippen LogP contribution < -0.4 is 10.6 Å². The van der Waals surface area contributed by atoms with Crippen molar-refractivity contribution in [2.75, 3.05) is 10.6 Å². The van der Waals surface area contributed by atoms with Gasteiger partial charge >= 0.3 is 0 Å². The largest absolute Gasteiger partial charge is 0.323 e. The average molecular weight is 396 g/mol. The summed E-state index contributed by atoms with van der Waals surface area (Å²) >= 11 is 1.21. The zero-order chi connectivity index (χ0) is 19.7. The fraction of sp³-hybridized carbons (Fsp3) is 0.150. The van der Waals surface area contributed by atoms with Gasteiger partial charge in [-0.15, -0.1) is 0 Å². The molecule has 1 aromatic heterocycles. The van der Waals surface area contributed by atoms with Gasteiger partial charge in [0.05, 0.1) is 24.1 Å². The van der Waals surface area contributed by atoms with Crippen LogP contribution in [-0.4, -0.2) is 26.3 Å². The van der Waals surface area contributed by atoms with Crippen molar-refractivity contribution in [3.05, 3.63) is 72.3 Å². The van der Waals surface area contributed by atoms with Gasteiger partial charge in [0, 0.05) is 11.1 Å². The number of anilines is 2. The Hall–Kier alpha value is -3.13. The van der Waals surface area contributed by atoms with Crippen molar-refractivity contribution < 1.29 is 14.0 Å². The van der Waals surface area contributed by atoms with Gasteiger partial charge in [0.1, 0.15) is 5.82 Å². The van der Waals surface area contributed by atoms with Gasteiger partial charge in [-0.1, -0.05) is 36.0 Å². The first-order valence-electron chi connectivity index (χ1n) is 8.62. The summed E-state index contributed by atoms with van der Waals surface area (Å²) in [6.07, 6.45) is 3.14. The number of hydrogen-bond acceptors (Lipinski definition) is 4. The Labute approximate surface area is 165 Å². The Bertz CT molecular complexity index is 1070. The third kappa shape index (κ3) is 3.50. The van der Waals surface area contributed by atoms with Gasteiger partial charge in [-0.25, -0.2) is 4.39 Å². The molecule has 2 heterocycles. The van der Waals surface area contributed by atoms with Crippen molar-refractivity contribution in [1.29, 1.82) is 0 Å². The molecule has 3 aromatic rings. The number of benzene rings is 2. The Morgan fingerprint density at radius 3 is 2.93 bits per heavy atom. The van der Waals surface area contributed by atoms with E-state index in [2.05, 4.69) is 15.7 Å². The van der Waals surface area contributed by atoms with E-state index in [-0.39, 0.29) is 11.7 Å². The molecule has 1 aliphatic heterocycles. The molecule has 1 atom stereocenters. The molecule has 0 radical (unpaired) electrons. The normalized spacial score (nSPS) is 18.3. The Morgan fingerprint density at radius 1 is 1.29 bits per heavy atom. The van der Waals surface area contributed by atoms with E-state index in [0.29, 0.717) is 17.9 Å².